The Morgan fingerprint density at radius 1 is 1.40 bits per heavy atom. The number of aliphatic carboxylic acids is 1. The van der Waals surface area contributed by atoms with Crippen LogP contribution in [-0.2, 0) is 9.59 Å². The zero-order valence-electron chi connectivity index (χ0n) is 11.3. The van der Waals surface area contributed by atoms with E-state index in [0.717, 1.165) is 5.01 Å². The number of aliphatic imine (C=N–C) groups is 1. The van der Waals surface area contributed by atoms with Crippen molar-refractivity contribution in [2.24, 2.45) is 22.2 Å². The lowest BCUT2D eigenvalue weighted by molar-refractivity contribution is -0.139. The van der Waals surface area contributed by atoms with E-state index in [4.69, 9.17) is 22.3 Å². The fourth-order valence-corrected chi connectivity index (χ4v) is 1.46. The van der Waals surface area contributed by atoms with Crippen LogP contribution in [0.15, 0.2) is 4.99 Å². The van der Waals surface area contributed by atoms with Gasteiger partial charge in [-0.05, 0) is 6.42 Å². The Morgan fingerprint density at radius 2 is 2.00 bits per heavy atom. The number of hydrogen-bond acceptors (Lipinski definition) is 6. The molecule has 0 bridgehead atoms. The second-order valence-electron chi connectivity index (χ2n) is 4.40. The van der Waals surface area contributed by atoms with Gasteiger partial charge in [-0.2, -0.15) is 0 Å². The number of hydrogen-bond donors (Lipinski definition) is 6. The monoisotopic (exact) mass is 290 g/mol. The van der Waals surface area contributed by atoms with Crippen LogP contribution in [0.4, 0.5) is 0 Å². The number of nitrogens with two attached hydrogens (primary N) is 3. The van der Waals surface area contributed by atoms with E-state index < -0.39 is 24.0 Å². The number of nitrogens with zero attached hydrogens (tertiary/aromatic N) is 2. The zero-order valence-corrected chi connectivity index (χ0v) is 11.3. The lowest BCUT2D eigenvalue weighted by Crippen LogP contribution is -2.44. The molecule has 116 valence electrons. The van der Waals surface area contributed by atoms with Gasteiger partial charge in [-0.15, -0.1) is 0 Å². The second-order valence-corrected chi connectivity index (χ2v) is 4.40. The van der Waals surface area contributed by atoms with Crippen molar-refractivity contribution >= 4 is 17.8 Å². The number of amides is 1. The molecular weight excluding hydrogens is 268 g/mol. The predicted molar refractivity (Wildman–Crippen MR) is 72.3 cm³/mol. The minimum Gasteiger partial charge on any atom is -0.480 e. The van der Waals surface area contributed by atoms with Crippen molar-refractivity contribution in [3.05, 3.63) is 0 Å². The SMILES string of the molecule is CN(CC(=O)O)NC(=O)C[C@H](N)C[C@@H](O)CN=C(N)N. The molecule has 0 aliphatic rings. The first-order valence-corrected chi connectivity index (χ1v) is 5.92. The van der Waals surface area contributed by atoms with Crippen molar-refractivity contribution in [3.63, 3.8) is 0 Å². The van der Waals surface area contributed by atoms with E-state index in [1.54, 1.807) is 0 Å². The van der Waals surface area contributed by atoms with E-state index in [2.05, 4.69) is 10.4 Å². The van der Waals surface area contributed by atoms with Crippen LogP contribution in [0.5, 0.6) is 0 Å². The molecule has 0 rings (SSSR count). The normalized spacial score (nSPS) is 13.6. The van der Waals surface area contributed by atoms with Gasteiger partial charge >= 0.3 is 5.97 Å². The van der Waals surface area contributed by atoms with Crippen LogP contribution >= 0.6 is 0 Å². The summed E-state index contributed by atoms with van der Waals surface area (Å²) in [6.07, 6.45) is -0.757. The van der Waals surface area contributed by atoms with Crippen LogP contribution in [0.2, 0.25) is 0 Å². The molecule has 0 radical (unpaired) electrons. The summed E-state index contributed by atoms with van der Waals surface area (Å²) in [5.74, 6) is -1.63. The third-order valence-corrected chi connectivity index (χ3v) is 2.20. The number of carboxylic acid groups (broad SMARTS) is 1. The van der Waals surface area contributed by atoms with Gasteiger partial charge in [-0.1, -0.05) is 0 Å². The predicted octanol–water partition coefficient (Wildman–Crippen LogP) is -3.22. The molecule has 1 amide bonds. The van der Waals surface area contributed by atoms with Crippen molar-refractivity contribution < 1.29 is 19.8 Å². The van der Waals surface area contributed by atoms with Crippen LogP contribution < -0.4 is 22.6 Å². The number of likely N-dealkylation sites (N-methyl/N-ethyl adjacent to an activating group) is 1. The lowest BCUT2D eigenvalue weighted by Gasteiger charge is -2.18. The largest absolute Gasteiger partial charge is 0.480 e. The smallest absolute Gasteiger partial charge is 0.319 e. The van der Waals surface area contributed by atoms with Crippen LogP contribution in [-0.4, -0.2) is 65.3 Å². The zero-order chi connectivity index (χ0) is 15.7. The van der Waals surface area contributed by atoms with E-state index in [1.807, 2.05) is 0 Å². The molecule has 0 aliphatic carbocycles. The second kappa shape index (κ2) is 9.07. The topological polar surface area (TPSA) is 180 Å². The molecule has 0 saturated carbocycles. The number of aliphatic hydroxyl groups excluding tert-OH is 1. The molecule has 10 nitrogen and oxygen atoms in total. The molecule has 2 atom stereocenters. The van der Waals surface area contributed by atoms with Crippen LogP contribution in [0.3, 0.4) is 0 Å². The molecule has 0 spiro atoms. The maximum Gasteiger partial charge on any atom is 0.319 e. The summed E-state index contributed by atoms with van der Waals surface area (Å²) in [7, 11) is 1.42. The standard InChI is InChI=1S/C10H22N6O4/c1-16(5-9(19)20)15-8(18)3-6(11)2-7(17)4-14-10(12)13/h6-7,17H,2-5,11H2,1H3,(H,15,18)(H,19,20)(H4,12,13,14)/t6-,7-/m1/s1. The molecule has 0 aromatic heterocycles. The van der Waals surface area contributed by atoms with Gasteiger partial charge in [0.2, 0.25) is 5.91 Å². The molecule has 0 saturated heterocycles. The highest BCUT2D eigenvalue weighted by atomic mass is 16.4. The van der Waals surface area contributed by atoms with Crippen LogP contribution in [0.25, 0.3) is 0 Å². The number of nitrogens with one attached hydrogen (secondary N) is 1. The molecule has 0 fully saturated rings. The molecule has 0 unspecified atom stereocenters. The third kappa shape index (κ3) is 10.1. The summed E-state index contributed by atoms with van der Waals surface area (Å²) in [5.41, 5.74) is 18.3. The van der Waals surface area contributed by atoms with Crippen molar-refractivity contribution in [2.75, 3.05) is 20.1 Å². The first-order valence-electron chi connectivity index (χ1n) is 5.92. The quantitative estimate of drug-likeness (QED) is 0.146. The van der Waals surface area contributed by atoms with Gasteiger partial charge in [0.15, 0.2) is 5.96 Å². The number of aliphatic hydroxyl groups is 1. The minimum absolute atomic E-state index is 0.0105. The number of rotatable bonds is 9. The van der Waals surface area contributed by atoms with E-state index in [0.29, 0.717) is 0 Å². The van der Waals surface area contributed by atoms with E-state index in [-0.39, 0.29) is 31.9 Å². The maximum absolute atomic E-state index is 11.5. The third-order valence-electron chi connectivity index (χ3n) is 2.20. The van der Waals surface area contributed by atoms with Gasteiger partial charge in [0.1, 0.15) is 6.54 Å². The Kier molecular flexibility index (Phi) is 8.20. The molecule has 0 aromatic carbocycles. The first kappa shape index (κ1) is 18.1. The highest BCUT2D eigenvalue weighted by Gasteiger charge is 2.15. The Hall–Kier alpha value is -1.91. The van der Waals surface area contributed by atoms with Crippen molar-refractivity contribution in [2.45, 2.75) is 25.0 Å². The summed E-state index contributed by atoms with van der Waals surface area (Å²) < 4.78 is 0. The number of hydrazine groups is 1. The first-order chi connectivity index (χ1) is 9.20. The van der Waals surface area contributed by atoms with Gasteiger partial charge in [0.25, 0.3) is 0 Å². The van der Waals surface area contributed by atoms with Gasteiger partial charge in [0, 0.05) is 19.5 Å². The molecule has 0 aliphatic heterocycles. The average molecular weight is 290 g/mol. The van der Waals surface area contributed by atoms with Crippen LogP contribution in [0.1, 0.15) is 12.8 Å². The Bertz CT molecular complexity index is 358. The van der Waals surface area contributed by atoms with Crippen molar-refractivity contribution in [1.29, 1.82) is 0 Å². The average Bonchev–Trinajstić information content (AvgIpc) is 2.24. The van der Waals surface area contributed by atoms with Crippen molar-refractivity contribution in [1.82, 2.24) is 10.4 Å². The highest BCUT2D eigenvalue weighted by Crippen LogP contribution is 2.01. The van der Waals surface area contributed by atoms with Crippen LogP contribution in [0, 0.1) is 0 Å². The highest BCUT2D eigenvalue weighted by molar-refractivity contribution is 5.77. The maximum atomic E-state index is 11.5. The number of guanidine groups is 1. The van der Waals surface area contributed by atoms with Gasteiger partial charge in [-0.3, -0.25) is 20.0 Å². The summed E-state index contributed by atoms with van der Waals surface area (Å²) >= 11 is 0. The molecule has 9 N–H and O–H groups in total. The van der Waals surface area contributed by atoms with E-state index in [1.165, 1.54) is 7.05 Å². The van der Waals surface area contributed by atoms with Gasteiger partial charge in [0.05, 0.1) is 12.6 Å². The lowest BCUT2D eigenvalue weighted by atomic mass is 10.1. The fourth-order valence-electron chi connectivity index (χ4n) is 1.46. The van der Waals surface area contributed by atoms with E-state index >= 15 is 0 Å². The number of carbonyl (C=O) groups is 2. The summed E-state index contributed by atoms with van der Waals surface area (Å²) in [6.45, 7) is -0.315. The molecule has 0 heterocycles. The molecule has 20 heavy (non-hydrogen) atoms. The summed E-state index contributed by atoms with van der Waals surface area (Å²) in [4.78, 5) is 25.6. The number of carbonyl (C=O) groups excluding carboxylic acids is 1. The molecular formula is C10H22N6O4. The molecule has 0 aromatic rings. The van der Waals surface area contributed by atoms with E-state index in [9.17, 15) is 14.7 Å². The van der Waals surface area contributed by atoms with Crippen molar-refractivity contribution in [3.8, 4) is 0 Å². The Labute approximate surface area is 116 Å². The number of carboxylic acids is 1. The fraction of sp³-hybridized carbons (Fsp3) is 0.700. The Balaban J connectivity index is 4.01. The summed E-state index contributed by atoms with van der Waals surface area (Å²) in [5, 5.41) is 19.2. The minimum atomic E-state index is -1.07. The molecule has 10 heteroatoms. The summed E-state index contributed by atoms with van der Waals surface area (Å²) in [6, 6.07) is -0.586. The Morgan fingerprint density at radius 3 is 2.50 bits per heavy atom. The van der Waals surface area contributed by atoms with Gasteiger partial charge in [-0.25, -0.2) is 5.01 Å². The van der Waals surface area contributed by atoms with Gasteiger partial charge < -0.3 is 27.4 Å².